The highest BCUT2D eigenvalue weighted by molar-refractivity contribution is 7.80. The first-order valence-electron chi connectivity index (χ1n) is 5.87. The lowest BCUT2D eigenvalue weighted by atomic mass is 10.1. The van der Waals surface area contributed by atoms with E-state index >= 15 is 0 Å². The molecule has 16 heavy (non-hydrogen) atoms. The molecule has 0 spiro atoms. The minimum Gasteiger partial charge on any atom is -0.389 e. The standard InChI is InChI=1S/C13H18N2S/c1-2-5-9-8-12(9)15-11-7-4-3-6-10(11)13(14)16/h3-4,6-7,9,12,15H,2,5,8H2,1H3,(H2,14,16). The van der Waals surface area contributed by atoms with E-state index in [-0.39, 0.29) is 0 Å². The molecule has 0 heterocycles. The molecule has 3 N–H and O–H groups in total. The predicted molar refractivity (Wildman–Crippen MR) is 72.8 cm³/mol. The maximum absolute atomic E-state index is 5.70. The second kappa shape index (κ2) is 4.83. The molecule has 1 aromatic rings. The number of anilines is 1. The molecule has 2 rings (SSSR count). The molecule has 1 aliphatic rings. The van der Waals surface area contributed by atoms with E-state index in [1.807, 2.05) is 18.2 Å². The fourth-order valence-corrected chi connectivity index (χ4v) is 2.32. The van der Waals surface area contributed by atoms with Crippen LogP contribution in [0.5, 0.6) is 0 Å². The highest BCUT2D eigenvalue weighted by atomic mass is 32.1. The molecule has 1 fully saturated rings. The van der Waals surface area contributed by atoms with Crippen molar-refractivity contribution < 1.29 is 0 Å². The Bertz CT molecular complexity index is 389. The van der Waals surface area contributed by atoms with Gasteiger partial charge in [-0.25, -0.2) is 0 Å². The van der Waals surface area contributed by atoms with Crippen molar-refractivity contribution in [3.63, 3.8) is 0 Å². The fraction of sp³-hybridized carbons (Fsp3) is 0.462. The Kier molecular flexibility index (Phi) is 3.44. The molecule has 2 atom stereocenters. The van der Waals surface area contributed by atoms with E-state index in [1.54, 1.807) is 0 Å². The number of hydrogen-bond acceptors (Lipinski definition) is 2. The van der Waals surface area contributed by atoms with Crippen LogP contribution in [-0.4, -0.2) is 11.0 Å². The summed E-state index contributed by atoms with van der Waals surface area (Å²) < 4.78 is 0. The van der Waals surface area contributed by atoms with Crippen molar-refractivity contribution in [2.75, 3.05) is 5.32 Å². The Morgan fingerprint density at radius 3 is 2.94 bits per heavy atom. The highest BCUT2D eigenvalue weighted by Gasteiger charge is 2.36. The maximum Gasteiger partial charge on any atom is 0.106 e. The van der Waals surface area contributed by atoms with E-state index in [9.17, 15) is 0 Å². The number of rotatable bonds is 5. The number of thiocarbonyl (C=S) groups is 1. The molecule has 2 unspecified atom stereocenters. The van der Waals surface area contributed by atoms with E-state index in [0.29, 0.717) is 11.0 Å². The summed E-state index contributed by atoms with van der Waals surface area (Å²) in [7, 11) is 0. The zero-order valence-corrected chi connectivity index (χ0v) is 10.4. The first-order chi connectivity index (χ1) is 7.72. The maximum atomic E-state index is 5.70. The molecule has 1 saturated carbocycles. The molecule has 0 aliphatic heterocycles. The number of nitrogens with two attached hydrogens (primary N) is 1. The van der Waals surface area contributed by atoms with Gasteiger partial charge in [-0.05, 0) is 30.9 Å². The van der Waals surface area contributed by atoms with Crippen molar-refractivity contribution in [1.29, 1.82) is 0 Å². The summed E-state index contributed by atoms with van der Waals surface area (Å²) in [5.74, 6) is 0.837. The monoisotopic (exact) mass is 234 g/mol. The Balaban J connectivity index is 2.02. The van der Waals surface area contributed by atoms with Gasteiger partial charge < -0.3 is 11.1 Å². The molecule has 0 aromatic heterocycles. The molecular weight excluding hydrogens is 216 g/mol. The molecule has 3 heteroatoms. The number of para-hydroxylation sites is 1. The van der Waals surface area contributed by atoms with E-state index in [2.05, 4.69) is 18.3 Å². The van der Waals surface area contributed by atoms with E-state index in [4.69, 9.17) is 18.0 Å². The third kappa shape index (κ3) is 2.53. The van der Waals surface area contributed by atoms with Gasteiger partial charge in [-0.1, -0.05) is 37.7 Å². The van der Waals surface area contributed by atoms with Crippen LogP contribution in [0.4, 0.5) is 5.69 Å². The molecule has 86 valence electrons. The van der Waals surface area contributed by atoms with Crippen LogP contribution in [0.15, 0.2) is 24.3 Å². The van der Waals surface area contributed by atoms with E-state index in [1.165, 1.54) is 19.3 Å². The SMILES string of the molecule is CCCC1CC1Nc1ccccc1C(N)=S. The molecule has 0 saturated heterocycles. The van der Waals surface area contributed by atoms with Crippen molar-refractivity contribution >= 4 is 22.9 Å². The zero-order chi connectivity index (χ0) is 11.5. The van der Waals surface area contributed by atoms with Crippen molar-refractivity contribution in [1.82, 2.24) is 0 Å². The van der Waals surface area contributed by atoms with Crippen LogP contribution in [0.3, 0.4) is 0 Å². The van der Waals surface area contributed by atoms with Crippen molar-refractivity contribution in [2.45, 2.75) is 32.2 Å². The molecule has 0 bridgehead atoms. The molecule has 1 aliphatic carbocycles. The third-order valence-corrected chi connectivity index (χ3v) is 3.34. The lowest BCUT2D eigenvalue weighted by Crippen LogP contribution is -2.14. The molecular formula is C13H18N2S. The fourth-order valence-electron chi connectivity index (χ4n) is 2.14. The Hall–Kier alpha value is -1.09. The Morgan fingerprint density at radius 2 is 2.25 bits per heavy atom. The van der Waals surface area contributed by atoms with Crippen molar-refractivity contribution in [3.8, 4) is 0 Å². The van der Waals surface area contributed by atoms with Crippen LogP contribution in [0.1, 0.15) is 31.7 Å². The van der Waals surface area contributed by atoms with Gasteiger partial charge in [-0.2, -0.15) is 0 Å². The lowest BCUT2D eigenvalue weighted by Gasteiger charge is -2.10. The first-order valence-corrected chi connectivity index (χ1v) is 6.28. The summed E-state index contributed by atoms with van der Waals surface area (Å²) in [6.45, 7) is 2.23. The molecule has 2 nitrogen and oxygen atoms in total. The minimum atomic E-state index is 0.468. The van der Waals surface area contributed by atoms with E-state index in [0.717, 1.165) is 17.2 Å². The molecule has 1 aromatic carbocycles. The first kappa shape index (κ1) is 11.4. The largest absolute Gasteiger partial charge is 0.389 e. The van der Waals surface area contributed by atoms with Gasteiger partial charge in [0, 0.05) is 17.3 Å². The topological polar surface area (TPSA) is 38.0 Å². The zero-order valence-electron chi connectivity index (χ0n) is 9.57. The van der Waals surface area contributed by atoms with Gasteiger partial charge in [0.05, 0.1) is 0 Å². The van der Waals surface area contributed by atoms with Gasteiger partial charge >= 0.3 is 0 Å². The number of hydrogen-bond donors (Lipinski definition) is 2. The Labute approximate surface area is 102 Å². The third-order valence-electron chi connectivity index (χ3n) is 3.12. The normalized spacial score (nSPS) is 22.8. The van der Waals surface area contributed by atoms with Crippen LogP contribution in [0, 0.1) is 5.92 Å². The van der Waals surface area contributed by atoms with E-state index < -0.39 is 0 Å². The van der Waals surface area contributed by atoms with Gasteiger partial charge in [-0.3, -0.25) is 0 Å². The van der Waals surface area contributed by atoms with Crippen molar-refractivity contribution in [2.24, 2.45) is 11.7 Å². The van der Waals surface area contributed by atoms with Gasteiger partial charge in [0.15, 0.2) is 0 Å². The number of nitrogens with one attached hydrogen (secondary N) is 1. The van der Waals surface area contributed by atoms with Crippen LogP contribution in [-0.2, 0) is 0 Å². The quantitative estimate of drug-likeness (QED) is 0.769. The summed E-state index contributed by atoms with van der Waals surface area (Å²) in [5.41, 5.74) is 7.74. The second-order valence-electron chi connectivity index (χ2n) is 4.45. The summed E-state index contributed by atoms with van der Waals surface area (Å²) in [5, 5.41) is 3.53. The summed E-state index contributed by atoms with van der Waals surface area (Å²) in [6, 6.07) is 8.63. The molecule has 0 amide bonds. The second-order valence-corrected chi connectivity index (χ2v) is 4.88. The van der Waals surface area contributed by atoms with Crippen LogP contribution in [0.25, 0.3) is 0 Å². The van der Waals surface area contributed by atoms with Gasteiger partial charge in [0.1, 0.15) is 4.99 Å². The predicted octanol–water partition coefficient (Wildman–Crippen LogP) is 2.92. The van der Waals surface area contributed by atoms with Gasteiger partial charge in [-0.15, -0.1) is 0 Å². The summed E-state index contributed by atoms with van der Waals surface area (Å²) >= 11 is 5.04. The smallest absolute Gasteiger partial charge is 0.106 e. The average Bonchev–Trinajstić information content (AvgIpc) is 2.97. The van der Waals surface area contributed by atoms with Crippen LogP contribution >= 0.6 is 12.2 Å². The van der Waals surface area contributed by atoms with Crippen LogP contribution in [0.2, 0.25) is 0 Å². The lowest BCUT2D eigenvalue weighted by molar-refractivity contribution is 0.693. The highest BCUT2D eigenvalue weighted by Crippen LogP contribution is 2.37. The van der Waals surface area contributed by atoms with Crippen LogP contribution < -0.4 is 11.1 Å². The molecule has 0 radical (unpaired) electrons. The number of benzene rings is 1. The average molecular weight is 234 g/mol. The summed E-state index contributed by atoms with van der Waals surface area (Å²) in [6.07, 6.45) is 3.85. The Morgan fingerprint density at radius 1 is 1.50 bits per heavy atom. The van der Waals surface area contributed by atoms with Gasteiger partial charge in [0.2, 0.25) is 0 Å². The van der Waals surface area contributed by atoms with Crippen molar-refractivity contribution in [3.05, 3.63) is 29.8 Å². The van der Waals surface area contributed by atoms with Gasteiger partial charge in [0.25, 0.3) is 0 Å². The minimum absolute atomic E-state index is 0.468. The summed E-state index contributed by atoms with van der Waals surface area (Å²) in [4.78, 5) is 0.468.